The van der Waals surface area contributed by atoms with E-state index in [1.54, 1.807) is 0 Å². The maximum atomic E-state index is 3.54. The van der Waals surface area contributed by atoms with Gasteiger partial charge >= 0.3 is 0 Å². The first-order valence-electron chi connectivity index (χ1n) is 2.06. The molecule has 0 saturated carbocycles. The molecule has 0 aliphatic rings. The summed E-state index contributed by atoms with van der Waals surface area (Å²) in [7, 11) is -0.836. The van der Waals surface area contributed by atoms with E-state index >= 15 is 0 Å². The number of halogens is 2. The van der Waals surface area contributed by atoms with Gasteiger partial charge < -0.3 is 0 Å². The fraction of sp³-hybridized carbons (Fsp3) is 1.00. The summed E-state index contributed by atoms with van der Waals surface area (Å²) in [5.74, 6) is 0. The molecule has 4 heteroatoms. The van der Waals surface area contributed by atoms with Gasteiger partial charge in [-0.15, -0.1) is 0 Å². The van der Waals surface area contributed by atoms with Crippen molar-refractivity contribution in [3.8, 4) is 0 Å². The van der Waals surface area contributed by atoms with Gasteiger partial charge in [0.2, 0.25) is 0 Å². The monoisotopic (exact) mass is 262 g/mol. The van der Waals surface area contributed by atoms with E-state index in [1.165, 1.54) is 0 Å². The highest BCUT2D eigenvalue weighted by molar-refractivity contribution is 9.72. The van der Waals surface area contributed by atoms with E-state index in [4.69, 9.17) is 0 Å². The van der Waals surface area contributed by atoms with E-state index in [0.29, 0.717) is 0 Å². The van der Waals surface area contributed by atoms with E-state index in [-0.39, 0.29) is 4.87 Å². The van der Waals surface area contributed by atoms with Crippen LogP contribution in [0.5, 0.6) is 0 Å². The Morgan fingerprint density at radius 1 is 1.14 bits per heavy atom. The van der Waals surface area contributed by atoms with E-state index in [9.17, 15) is 0 Å². The molecule has 0 aromatic carbocycles. The lowest BCUT2D eigenvalue weighted by molar-refractivity contribution is 1.88. The van der Waals surface area contributed by atoms with Gasteiger partial charge in [0.1, 0.15) is 0 Å². The van der Waals surface area contributed by atoms with E-state index in [0.717, 1.165) is 0 Å². The largest absolute Gasteiger partial charge is 0.0986 e. The second-order valence-electron chi connectivity index (χ2n) is 2.40. The van der Waals surface area contributed by atoms with Crippen LogP contribution in [0.4, 0.5) is 0 Å². The van der Waals surface area contributed by atoms with E-state index in [1.807, 2.05) is 0 Å². The van der Waals surface area contributed by atoms with Crippen molar-refractivity contribution >= 4 is 43.6 Å². The molecule has 0 amide bonds. The van der Waals surface area contributed by atoms with Gasteiger partial charge in [-0.2, -0.15) is 0 Å². The number of hydrogen-bond acceptors (Lipinski definition) is 0. The minimum Gasteiger partial charge on any atom is -0.0642 e. The minimum absolute atomic E-state index is 0.0224. The molecule has 0 aliphatic heterocycles. The lowest BCUT2D eigenvalue weighted by atomic mass is 11.8. The summed E-state index contributed by atoms with van der Waals surface area (Å²) in [5.41, 5.74) is 0. The molecule has 0 unspecified atom stereocenters. The molecule has 0 rings (SSSR count). The van der Waals surface area contributed by atoms with Gasteiger partial charge in [0.25, 0.3) is 0 Å². The first-order chi connectivity index (χ1) is 2.94. The Kier molecular flexibility index (Phi) is 3.63. The highest BCUT2D eigenvalue weighted by Crippen LogP contribution is 2.59. The van der Waals surface area contributed by atoms with Gasteiger partial charge in [-0.1, -0.05) is 50.6 Å². The molecule has 0 saturated heterocycles. The zero-order valence-electron chi connectivity index (χ0n) is 4.70. The van der Waals surface area contributed by atoms with Crippen LogP contribution >= 0.6 is 35.9 Å². The first kappa shape index (κ1) is 8.61. The van der Waals surface area contributed by atoms with Crippen molar-refractivity contribution in [3.63, 3.8) is 0 Å². The lowest BCUT2D eigenvalue weighted by Gasteiger charge is -2.15. The summed E-state index contributed by atoms with van der Waals surface area (Å²) >= 11 is 7.08. The molecule has 0 atom stereocenters. The minimum atomic E-state index is -0.836. The van der Waals surface area contributed by atoms with Crippen LogP contribution in [0.15, 0.2) is 0 Å². The van der Waals surface area contributed by atoms with Gasteiger partial charge in [-0.3, -0.25) is 0 Å². The van der Waals surface area contributed by atoms with Gasteiger partial charge in [0.15, 0.2) is 0 Å². The molecule has 0 aliphatic carbocycles. The van der Waals surface area contributed by atoms with Crippen LogP contribution in [0.2, 0.25) is 19.6 Å². The van der Waals surface area contributed by atoms with Crippen molar-refractivity contribution in [2.24, 2.45) is 0 Å². The fourth-order valence-corrected chi connectivity index (χ4v) is 0. The Balaban J connectivity index is 3.54. The molecule has 0 radical (unpaired) electrons. The predicted molar refractivity (Wildman–Crippen MR) is 48.1 cm³/mol. The van der Waals surface area contributed by atoms with Crippen LogP contribution in [0.25, 0.3) is 0 Å². The Morgan fingerprint density at radius 3 is 1.29 bits per heavy atom. The molecular formula is C3H9Br2PSi. The smallest absolute Gasteiger partial charge is 0.0642 e. The maximum absolute atomic E-state index is 3.54. The second kappa shape index (κ2) is 2.95. The van der Waals surface area contributed by atoms with Crippen molar-refractivity contribution in [2.75, 3.05) is 0 Å². The molecule has 0 N–H and O–H groups in total. The molecule has 0 aromatic rings. The van der Waals surface area contributed by atoms with Crippen molar-refractivity contribution in [1.82, 2.24) is 0 Å². The van der Waals surface area contributed by atoms with Gasteiger partial charge in [-0.25, -0.2) is 0 Å². The Bertz CT molecular complexity index is 58.4. The van der Waals surface area contributed by atoms with Crippen molar-refractivity contribution in [1.29, 1.82) is 0 Å². The average molecular weight is 264 g/mol. The van der Waals surface area contributed by atoms with E-state index < -0.39 is 7.74 Å². The topological polar surface area (TPSA) is 0 Å². The molecule has 0 heterocycles. The van der Waals surface area contributed by atoms with Crippen LogP contribution in [0, 0.1) is 0 Å². The molecule has 0 bridgehead atoms. The molecule has 0 spiro atoms. The highest BCUT2D eigenvalue weighted by Gasteiger charge is 2.20. The predicted octanol–water partition coefficient (Wildman–Crippen LogP) is 3.92. The number of rotatable bonds is 1. The molecule has 0 aromatic heterocycles. The van der Waals surface area contributed by atoms with Crippen LogP contribution in [0.3, 0.4) is 0 Å². The van der Waals surface area contributed by atoms with E-state index in [2.05, 4.69) is 50.6 Å². The number of hydrogen-bond donors (Lipinski definition) is 0. The Hall–Kier alpha value is 1.61. The average Bonchev–Trinajstić information content (AvgIpc) is 1.31. The quantitative estimate of drug-likeness (QED) is 0.497. The van der Waals surface area contributed by atoms with Crippen LogP contribution in [-0.4, -0.2) is 7.74 Å². The molecule has 7 heavy (non-hydrogen) atoms. The van der Waals surface area contributed by atoms with Gasteiger partial charge in [0, 0.05) is 4.87 Å². The SMILES string of the molecule is C[Si](C)(C)P(Br)Br. The molecule has 0 nitrogen and oxygen atoms in total. The first-order valence-corrected chi connectivity index (χ1v) is 11.8. The van der Waals surface area contributed by atoms with Gasteiger partial charge in [0.05, 0.1) is 7.74 Å². The van der Waals surface area contributed by atoms with Crippen molar-refractivity contribution in [3.05, 3.63) is 0 Å². The normalized spacial score (nSPS) is 12.9. The fourth-order valence-electron chi connectivity index (χ4n) is 0. The highest BCUT2D eigenvalue weighted by atomic mass is 79.9. The van der Waals surface area contributed by atoms with Crippen molar-refractivity contribution in [2.45, 2.75) is 19.6 Å². The third-order valence-electron chi connectivity index (χ3n) is 0.507. The summed E-state index contributed by atoms with van der Waals surface area (Å²) in [5, 5.41) is 0. The Labute approximate surface area is 63.2 Å². The zero-order chi connectivity index (χ0) is 6.08. The summed E-state index contributed by atoms with van der Waals surface area (Å²) in [6.45, 7) is 7.01. The summed E-state index contributed by atoms with van der Waals surface area (Å²) < 4.78 is 0. The standard InChI is InChI=1S/C3H9Br2PSi/c1-7(2,3)6(4)5/h1-3H3. The van der Waals surface area contributed by atoms with Crippen molar-refractivity contribution < 1.29 is 0 Å². The molecular weight excluding hydrogens is 255 g/mol. The van der Waals surface area contributed by atoms with Crippen LogP contribution < -0.4 is 0 Å². The third-order valence-corrected chi connectivity index (χ3v) is 23.7. The summed E-state index contributed by atoms with van der Waals surface area (Å²) in [4.78, 5) is 0.0224. The van der Waals surface area contributed by atoms with Crippen LogP contribution in [-0.2, 0) is 0 Å². The molecule has 44 valence electrons. The zero-order valence-corrected chi connectivity index (χ0v) is 9.77. The second-order valence-corrected chi connectivity index (χ2v) is 23.6. The maximum Gasteiger partial charge on any atom is 0.0986 e. The molecule has 0 fully saturated rings. The summed E-state index contributed by atoms with van der Waals surface area (Å²) in [6, 6.07) is 0. The van der Waals surface area contributed by atoms with Gasteiger partial charge in [-0.05, 0) is 0 Å². The third kappa shape index (κ3) is 4.13. The van der Waals surface area contributed by atoms with Crippen LogP contribution in [0.1, 0.15) is 0 Å². The lowest BCUT2D eigenvalue weighted by Crippen LogP contribution is -2.11. The summed E-state index contributed by atoms with van der Waals surface area (Å²) in [6.07, 6.45) is 0. The Morgan fingerprint density at radius 2 is 1.29 bits per heavy atom.